The van der Waals surface area contributed by atoms with Crippen LogP contribution in [0.3, 0.4) is 0 Å². The van der Waals surface area contributed by atoms with Gasteiger partial charge in [0, 0.05) is 33.1 Å². The van der Waals surface area contributed by atoms with Crippen molar-refractivity contribution in [2.75, 3.05) is 32.7 Å². The lowest BCUT2D eigenvalue weighted by Crippen LogP contribution is -2.51. The van der Waals surface area contributed by atoms with Crippen LogP contribution in [-0.4, -0.2) is 60.2 Å². The van der Waals surface area contributed by atoms with Gasteiger partial charge in [-0.05, 0) is 31.6 Å². The van der Waals surface area contributed by atoms with Gasteiger partial charge in [0.15, 0.2) is 0 Å². The molecule has 0 aromatic rings. The van der Waals surface area contributed by atoms with E-state index in [0.29, 0.717) is 13.1 Å². The first kappa shape index (κ1) is 19.2. The molecule has 0 unspecified atom stereocenters. The van der Waals surface area contributed by atoms with Gasteiger partial charge in [0.25, 0.3) is 0 Å². The van der Waals surface area contributed by atoms with E-state index in [1.54, 1.807) is 4.90 Å². The number of likely N-dealkylation sites (tertiary alicyclic amines) is 2. The number of amides is 3. The molecule has 1 saturated carbocycles. The van der Waals surface area contributed by atoms with Gasteiger partial charge in [-0.25, -0.2) is 0 Å². The van der Waals surface area contributed by atoms with Gasteiger partial charge in [0.05, 0.1) is 12.0 Å². The summed E-state index contributed by atoms with van der Waals surface area (Å²) in [4.78, 5) is 40.3. The van der Waals surface area contributed by atoms with Crippen LogP contribution in [0.4, 0.5) is 0 Å². The number of hydrogen-bond acceptors (Lipinski definition) is 3. The second kappa shape index (κ2) is 8.40. The van der Waals surface area contributed by atoms with Gasteiger partial charge < -0.3 is 15.1 Å². The summed E-state index contributed by atoms with van der Waals surface area (Å²) in [6.45, 7) is 4.33. The molecule has 1 spiro atoms. The lowest BCUT2D eigenvalue weighted by molar-refractivity contribution is -0.146. The van der Waals surface area contributed by atoms with Crippen LogP contribution in [0.25, 0.3) is 0 Å². The molecule has 3 rings (SSSR count). The summed E-state index contributed by atoms with van der Waals surface area (Å²) < 4.78 is 0. The highest BCUT2D eigenvalue weighted by molar-refractivity contribution is 5.87. The maximum absolute atomic E-state index is 13.2. The number of nitrogens with zero attached hydrogens (tertiary/aromatic N) is 2. The van der Waals surface area contributed by atoms with E-state index in [0.717, 1.165) is 44.7 Å². The summed E-state index contributed by atoms with van der Waals surface area (Å²) in [5.41, 5.74) is -0.378. The fourth-order valence-corrected chi connectivity index (χ4v) is 4.96. The third-order valence-electron chi connectivity index (χ3n) is 6.55. The van der Waals surface area contributed by atoms with Crippen LogP contribution in [0.5, 0.6) is 0 Å². The fourth-order valence-electron chi connectivity index (χ4n) is 4.96. The third-order valence-corrected chi connectivity index (χ3v) is 6.55. The van der Waals surface area contributed by atoms with Crippen molar-refractivity contribution in [2.24, 2.45) is 11.3 Å². The Morgan fingerprint density at radius 3 is 2.62 bits per heavy atom. The topological polar surface area (TPSA) is 69.7 Å². The van der Waals surface area contributed by atoms with Crippen LogP contribution in [0.2, 0.25) is 0 Å². The maximum Gasteiger partial charge on any atom is 0.241 e. The lowest BCUT2D eigenvalue weighted by Gasteiger charge is -2.40. The normalized spacial score (nSPS) is 27.2. The summed E-state index contributed by atoms with van der Waals surface area (Å²) in [5.74, 6) is 0.766. The molecule has 0 aromatic carbocycles. The molecule has 0 bridgehead atoms. The van der Waals surface area contributed by atoms with Gasteiger partial charge in [0.2, 0.25) is 17.7 Å². The first-order valence-electron chi connectivity index (χ1n) is 10.3. The van der Waals surface area contributed by atoms with Crippen LogP contribution in [-0.2, 0) is 14.4 Å². The van der Waals surface area contributed by atoms with E-state index in [1.807, 2.05) is 0 Å². The first-order chi connectivity index (χ1) is 12.5. The Hall–Kier alpha value is -1.59. The van der Waals surface area contributed by atoms with Crippen molar-refractivity contribution in [1.29, 1.82) is 0 Å². The first-order valence-corrected chi connectivity index (χ1v) is 10.3. The molecule has 1 N–H and O–H groups in total. The number of nitrogens with one attached hydrogen (secondary N) is 1. The van der Waals surface area contributed by atoms with E-state index >= 15 is 0 Å². The predicted octanol–water partition coefficient (Wildman–Crippen LogP) is 1.93. The highest BCUT2D eigenvalue weighted by Gasteiger charge is 2.49. The van der Waals surface area contributed by atoms with Crippen LogP contribution in [0, 0.1) is 11.3 Å². The SMILES string of the molecule is CC(=O)NCC(=O)N1CC[C@@]2(CCCN(CCC3CCCCC3)C2=O)C1. The van der Waals surface area contributed by atoms with Crippen molar-refractivity contribution >= 4 is 17.7 Å². The Bertz CT molecular complexity index is 544. The summed E-state index contributed by atoms with van der Waals surface area (Å²) >= 11 is 0. The van der Waals surface area contributed by atoms with Crippen molar-refractivity contribution in [1.82, 2.24) is 15.1 Å². The van der Waals surface area contributed by atoms with Gasteiger partial charge >= 0.3 is 0 Å². The molecule has 1 aliphatic carbocycles. The molecule has 1 atom stereocenters. The van der Waals surface area contributed by atoms with E-state index in [2.05, 4.69) is 10.2 Å². The molecule has 6 heteroatoms. The average Bonchev–Trinajstić information content (AvgIpc) is 3.07. The molecule has 26 heavy (non-hydrogen) atoms. The van der Waals surface area contributed by atoms with Gasteiger partial charge in [0.1, 0.15) is 0 Å². The minimum atomic E-state index is -0.378. The number of piperidine rings is 1. The summed E-state index contributed by atoms with van der Waals surface area (Å²) in [7, 11) is 0. The molecule has 0 radical (unpaired) electrons. The zero-order chi connectivity index (χ0) is 18.6. The minimum absolute atomic E-state index is 0.0327. The van der Waals surface area contributed by atoms with Crippen LogP contribution in [0.1, 0.15) is 64.7 Å². The molecule has 3 amide bonds. The monoisotopic (exact) mass is 363 g/mol. The van der Waals surface area contributed by atoms with Gasteiger partial charge in [-0.3, -0.25) is 14.4 Å². The average molecular weight is 364 g/mol. The highest BCUT2D eigenvalue weighted by Crippen LogP contribution is 2.40. The Morgan fingerprint density at radius 2 is 1.88 bits per heavy atom. The Labute approximate surface area is 156 Å². The van der Waals surface area contributed by atoms with Crippen molar-refractivity contribution in [3.8, 4) is 0 Å². The fraction of sp³-hybridized carbons (Fsp3) is 0.850. The van der Waals surface area contributed by atoms with E-state index in [9.17, 15) is 14.4 Å². The van der Waals surface area contributed by atoms with E-state index in [-0.39, 0.29) is 29.7 Å². The van der Waals surface area contributed by atoms with Crippen molar-refractivity contribution < 1.29 is 14.4 Å². The Kier molecular flexibility index (Phi) is 6.20. The highest BCUT2D eigenvalue weighted by atomic mass is 16.2. The Balaban J connectivity index is 1.53. The Morgan fingerprint density at radius 1 is 1.12 bits per heavy atom. The summed E-state index contributed by atoms with van der Waals surface area (Å²) in [6, 6.07) is 0. The van der Waals surface area contributed by atoms with E-state index < -0.39 is 0 Å². The van der Waals surface area contributed by atoms with Crippen LogP contribution in [0.15, 0.2) is 0 Å². The minimum Gasteiger partial charge on any atom is -0.347 e. The predicted molar refractivity (Wildman–Crippen MR) is 99.3 cm³/mol. The van der Waals surface area contributed by atoms with Gasteiger partial charge in [-0.2, -0.15) is 0 Å². The lowest BCUT2D eigenvalue weighted by atomic mass is 9.78. The molecule has 3 aliphatic rings. The second-order valence-electron chi connectivity index (χ2n) is 8.44. The maximum atomic E-state index is 13.2. The largest absolute Gasteiger partial charge is 0.347 e. The van der Waals surface area contributed by atoms with Gasteiger partial charge in [-0.1, -0.05) is 32.1 Å². The quantitative estimate of drug-likeness (QED) is 0.811. The third kappa shape index (κ3) is 4.38. The molecular weight excluding hydrogens is 330 g/mol. The molecular formula is C20H33N3O3. The van der Waals surface area contributed by atoms with Crippen molar-refractivity contribution in [3.63, 3.8) is 0 Å². The zero-order valence-corrected chi connectivity index (χ0v) is 16.1. The smallest absolute Gasteiger partial charge is 0.241 e. The number of carbonyl (C=O) groups excluding carboxylic acids is 3. The zero-order valence-electron chi connectivity index (χ0n) is 16.1. The molecule has 146 valence electrons. The van der Waals surface area contributed by atoms with Crippen LogP contribution < -0.4 is 5.32 Å². The molecule has 2 aliphatic heterocycles. The molecule has 3 fully saturated rings. The van der Waals surface area contributed by atoms with Crippen molar-refractivity contribution in [2.45, 2.75) is 64.7 Å². The van der Waals surface area contributed by atoms with E-state index in [1.165, 1.54) is 39.0 Å². The van der Waals surface area contributed by atoms with Crippen molar-refractivity contribution in [3.05, 3.63) is 0 Å². The molecule has 2 heterocycles. The standard InChI is InChI=1S/C20H33N3O3/c1-16(24)21-14-18(25)23-13-10-20(15-23)9-5-11-22(19(20)26)12-8-17-6-3-2-4-7-17/h17H,2-15H2,1H3,(H,21,24)/t20-/m0/s1. The van der Waals surface area contributed by atoms with Gasteiger partial charge in [-0.15, -0.1) is 0 Å². The summed E-state index contributed by atoms with van der Waals surface area (Å²) in [5, 5.41) is 2.56. The number of carbonyl (C=O) groups is 3. The molecule has 2 saturated heterocycles. The molecule has 6 nitrogen and oxygen atoms in total. The van der Waals surface area contributed by atoms with Crippen LogP contribution >= 0.6 is 0 Å². The molecule has 0 aromatic heterocycles. The van der Waals surface area contributed by atoms with E-state index in [4.69, 9.17) is 0 Å². The second-order valence-corrected chi connectivity index (χ2v) is 8.44. The summed E-state index contributed by atoms with van der Waals surface area (Å²) in [6.07, 6.45) is 10.5. The number of rotatable bonds is 5. The number of hydrogen-bond donors (Lipinski definition) is 1.